The second kappa shape index (κ2) is 6.77. The molecule has 0 aromatic heterocycles. The van der Waals surface area contributed by atoms with Crippen molar-refractivity contribution in [1.29, 1.82) is 0 Å². The summed E-state index contributed by atoms with van der Waals surface area (Å²) in [6.07, 6.45) is 1.64. The van der Waals surface area contributed by atoms with Gasteiger partial charge in [0, 0.05) is 31.6 Å². The Balaban J connectivity index is 1.88. The van der Waals surface area contributed by atoms with Gasteiger partial charge in [0.2, 0.25) is 15.9 Å². The fourth-order valence-corrected chi connectivity index (χ4v) is 3.62. The molecule has 1 aliphatic rings. The molecule has 0 spiro atoms. The van der Waals surface area contributed by atoms with Crippen LogP contribution in [0, 0.1) is 5.92 Å². The topological polar surface area (TPSA) is 66.5 Å². The minimum atomic E-state index is -3.50. The van der Waals surface area contributed by atoms with Crippen molar-refractivity contribution in [2.45, 2.75) is 24.7 Å². The second-order valence-electron chi connectivity index (χ2n) is 5.26. The molecule has 1 aromatic rings. The molecule has 5 nitrogen and oxygen atoms in total. The maximum atomic E-state index is 12.1. The zero-order valence-corrected chi connectivity index (χ0v) is 13.5. The summed E-state index contributed by atoms with van der Waals surface area (Å²) in [5.41, 5.74) is 0. The van der Waals surface area contributed by atoms with E-state index in [1.807, 2.05) is 0 Å². The molecule has 0 radical (unpaired) electrons. The van der Waals surface area contributed by atoms with E-state index < -0.39 is 10.0 Å². The highest BCUT2D eigenvalue weighted by molar-refractivity contribution is 7.89. The van der Waals surface area contributed by atoms with Crippen molar-refractivity contribution >= 4 is 27.5 Å². The van der Waals surface area contributed by atoms with E-state index in [9.17, 15) is 13.2 Å². The lowest BCUT2D eigenvalue weighted by molar-refractivity contribution is -0.130. The van der Waals surface area contributed by atoms with Gasteiger partial charge in [0.25, 0.3) is 0 Å². The molecule has 0 atom stereocenters. The summed E-state index contributed by atoms with van der Waals surface area (Å²) in [5, 5.41) is 0.505. The molecule has 0 saturated carbocycles. The van der Waals surface area contributed by atoms with Gasteiger partial charge in [0.1, 0.15) is 0 Å². The molecule has 21 heavy (non-hydrogen) atoms. The first kappa shape index (κ1) is 16.3. The Morgan fingerprint density at radius 2 is 1.86 bits per heavy atom. The van der Waals surface area contributed by atoms with Crippen LogP contribution in [0.1, 0.15) is 19.8 Å². The van der Waals surface area contributed by atoms with Crippen LogP contribution in [-0.2, 0) is 14.8 Å². The van der Waals surface area contributed by atoms with Crippen LogP contribution in [0.2, 0.25) is 5.02 Å². The average molecular weight is 331 g/mol. The van der Waals surface area contributed by atoms with Crippen molar-refractivity contribution in [2.75, 3.05) is 19.6 Å². The predicted octanol–water partition coefficient (Wildman–Crippen LogP) is 1.88. The van der Waals surface area contributed by atoms with Crippen molar-refractivity contribution in [3.05, 3.63) is 29.3 Å². The Kier molecular flexibility index (Phi) is 5.24. The minimum absolute atomic E-state index is 0.0789. The predicted molar refractivity (Wildman–Crippen MR) is 81.6 cm³/mol. The molecule has 1 N–H and O–H groups in total. The molecule has 1 saturated heterocycles. The first-order chi connectivity index (χ1) is 9.88. The number of nitrogens with one attached hydrogen (secondary N) is 1. The highest BCUT2D eigenvalue weighted by atomic mass is 35.5. The van der Waals surface area contributed by atoms with Crippen LogP contribution in [-0.4, -0.2) is 38.9 Å². The van der Waals surface area contributed by atoms with Crippen LogP contribution in [0.3, 0.4) is 0 Å². The molecule has 0 unspecified atom stereocenters. The molecule has 1 fully saturated rings. The number of halogens is 1. The number of carbonyl (C=O) groups is 1. The lowest BCUT2D eigenvalue weighted by Crippen LogP contribution is -2.40. The fraction of sp³-hybridized carbons (Fsp3) is 0.500. The smallest absolute Gasteiger partial charge is 0.240 e. The van der Waals surface area contributed by atoms with E-state index in [4.69, 9.17) is 11.6 Å². The number of hydrogen-bond acceptors (Lipinski definition) is 3. The Labute approximate surface area is 130 Å². The van der Waals surface area contributed by atoms with Crippen molar-refractivity contribution in [1.82, 2.24) is 9.62 Å². The third-order valence-corrected chi connectivity index (χ3v) is 5.44. The van der Waals surface area contributed by atoms with Gasteiger partial charge in [-0.3, -0.25) is 4.79 Å². The van der Waals surface area contributed by atoms with Crippen molar-refractivity contribution in [3.8, 4) is 0 Å². The summed E-state index contributed by atoms with van der Waals surface area (Å²) in [5.74, 6) is 0.345. The molecule has 2 rings (SSSR count). The molecular formula is C14H19ClN2O3S. The lowest BCUT2D eigenvalue weighted by atomic mass is 9.97. The van der Waals surface area contributed by atoms with E-state index in [0.717, 1.165) is 12.8 Å². The molecule has 1 amide bonds. The number of nitrogens with zero attached hydrogens (tertiary/aromatic N) is 1. The third-order valence-electron chi connectivity index (χ3n) is 3.75. The van der Waals surface area contributed by atoms with Gasteiger partial charge in [-0.1, -0.05) is 11.6 Å². The summed E-state index contributed by atoms with van der Waals surface area (Å²) in [4.78, 5) is 13.3. The monoisotopic (exact) mass is 330 g/mol. The lowest BCUT2D eigenvalue weighted by Gasteiger charge is -2.31. The molecule has 1 aromatic carbocycles. The Morgan fingerprint density at radius 1 is 1.29 bits per heavy atom. The quantitative estimate of drug-likeness (QED) is 0.916. The SMILES string of the molecule is CC(=O)N1CCC(CNS(=O)(=O)c2ccc(Cl)cc2)CC1. The maximum absolute atomic E-state index is 12.1. The van der Waals surface area contributed by atoms with Gasteiger partial charge in [0.15, 0.2) is 0 Å². The van der Waals surface area contributed by atoms with E-state index in [-0.39, 0.29) is 16.7 Å². The second-order valence-corrected chi connectivity index (χ2v) is 7.46. The highest BCUT2D eigenvalue weighted by Crippen LogP contribution is 2.18. The van der Waals surface area contributed by atoms with Gasteiger partial charge < -0.3 is 4.90 Å². The number of hydrogen-bond donors (Lipinski definition) is 1. The summed E-state index contributed by atoms with van der Waals surface area (Å²) in [7, 11) is -3.50. The molecule has 1 heterocycles. The molecule has 1 aliphatic heterocycles. The van der Waals surface area contributed by atoms with Crippen molar-refractivity contribution in [3.63, 3.8) is 0 Å². The zero-order valence-electron chi connectivity index (χ0n) is 11.9. The molecule has 116 valence electrons. The van der Waals surface area contributed by atoms with E-state index in [2.05, 4.69) is 4.72 Å². The summed E-state index contributed by atoms with van der Waals surface area (Å²) in [6, 6.07) is 6.09. The first-order valence-corrected chi connectivity index (χ1v) is 8.75. The standard InChI is InChI=1S/C14H19ClN2O3S/c1-11(18)17-8-6-12(7-9-17)10-16-21(19,20)14-4-2-13(15)3-5-14/h2-5,12,16H,6-10H2,1H3. The number of carbonyl (C=O) groups excluding carboxylic acids is 1. The Morgan fingerprint density at radius 3 is 2.38 bits per heavy atom. The van der Waals surface area contributed by atoms with Crippen LogP contribution in [0.5, 0.6) is 0 Å². The normalized spacial score (nSPS) is 17.0. The van der Waals surface area contributed by atoms with Gasteiger partial charge in [-0.25, -0.2) is 13.1 Å². The van der Waals surface area contributed by atoms with E-state index >= 15 is 0 Å². The number of amides is 1. The zero-order chi connectivity index (χ0) is 15.5. The van der Waals surface area contributed by atoms with Crippen LogP contribution >= 0.6 is 11.6 Å². The number of benzene rings is 1. The Bertz CT molecular complexity index is 593. The molecule has 7 heteroatoms. The fourth-order valence-electron chi connectivity index (χ4n) is 2.38. The van der Waals surface area contributed by atoms with Crippen LogP contribution in [0.25, 0.3) is 0 Å². The molecular weight excluding hydrogens is 312 g/mol. The van der Waals surface area contributed by atoms with Crippen LogP contribution in [0.15, 0.2) is 29.2 Å². The summed E-state index contributed by atoms with van der Waals surface area (Å²) < 4.78 is 26.9. The number of sulfonamides is 1. The average Bonchev–Trinajstić information content (AvgIpc) is 2.46. The van der Waals surface area contributed by atoms with Gasteiger partial charge >= 0.3 is 0 Å². The van der Waals surface area contributed by atoms with Gasteiger partial charge in [-0.15, -0.1) is 0 Å². The number of piperidine rings is 1. The summed E-state index contributed by atoms with van der Waals surface area (Å²) >= 11 is 5.75. The third kappa shape index (κ3) is 4.43. The molecule has 0 bridgehead atoms. The van der Waals surface area contributed by atoms with E-state index in [0.29, 0.717) is 24.7 Å². The largest absolute Gasteiger partial charge is 0.343 e. The van der Waals surface area contributed by atoms with Crippen LogP contribution < -0.4 is 4.72 Å². The summed E-state index contributed by atoms with van der Waals surface area (Å²) in [6.45, 7) is 3.35. The van der Waals surface area contributed by atoms with Gasteiger partial charge in [-0.2, -0.15) is 0 Å². The van der Waals surface area contributed by atoms with Crippen molar-refractivity contribution in [2.24, 2.45) is 5.92 Å². The van der Waals surface area contributed by atoms with Gasteiger partial charge in [0.05, 0.1) is 4.90 Å². The van der Waals surface area contributed by atoms with Crippen molar-refractivity contribution < 1.29 is 13.2 Å². The van der Waals surface area contributed by atoms with Crippen LogP contribution in [0.4, 0.5) is 0 Å². The van der Waals surface area contributed by atoms with E-state index in [1.54, 1.807) is 24.0 Å². The Hall–Kier alpha value is -1.11. The maximum Gasteiger partial charge on any atom is 0.240 e. The minimum Gasteiger partial charge on any atom is -0.343 e. The number of rotatable bonds is 4. The molecule has 0 aliphatic carbocycles. The van der Waals surface area contributed by atoms with E-state index in [1.165, 1.54) is 12.1 Å². The number of likely N-dealkylation sites (tertiary alicyclic amines) is 1. The highest BCUT2D eigenvalue weighted by Gasteiger charge is 2.22. The van der Waals surface area contributed by atoms with Gasteiger partial charge in [-0.05, 0) is 43.0 Å². The first-order valence-electron chi connectivity index (χ1n) is 6.89.